The molecule has 1 atom stereocenters. The lowest BCUT2D eigenvalue weighted by Gasteiger charge is -2.42. The summed E-state index contributed by atoms with van der Waals surface area (Å²) in [6.45, 7) is 5.29. The largest absolute Gasteiger partial charge is 0.388 e. The molecule has 36 heavy (non-hydrogen) atoms. The SMILES string of the molecule is CCCCc1ccc(C(O)CCCCN2CCC(C(O)(c3ccccc3)c3ccccc3)CC2)cc1. The molecule has 2 N–H and O–H groups in total. The molecule has 1 heterocycles. The van der Waals surface area contributed by atoms with Crippen molar-refractivity contribution in [3.05, 3.63) is 107 Å². The highest BCUT2D eigenvalue weighted by Gasteiger charge is 2.41. The summed E-state index contributed by atoms with van der Waals surface area (Å²) in [6, 6.07) is 28.9. The van der Waals surface area contributed by atoms with Crippen LogP contribution in [0.5, 0.6) is 0 Å². The molecule has 1 aliphatic heterocycles. The van der Waals surface area contributed by atoms with Crippen LogP contribution in [0.4, 0.5) is 0 Å². The second-order valence-corrected chi connectivity index (χ2v) is 10.5. The van der Waals surface area contributed by atoms with Gasteiger partial charge in [0.05, 0.1) is 6.10 Å². The summed E-state index contributed by atoms with van der Waals surface area (Å²) < 4.78 is 0. The quantitative estimate of drug-likeness (QED) is 0.275. The fourth-order valence-corrected chi connectivity index (χ4v) is 5.72. The highest BCUT2D eigenvalue weighted by atomic mass is 16.3. The van der Waals surface area contributed by atoms with Gasteiger partial charge in [-0.25, -0.2) is 0 Å². The molecule has 0 radical (unpaired) electrons. The van der Waals surface area contributed by atoms with Crippen LogP contribution in [-0.4, -0.2) is 34.7 Å². The lowest BCUT2D eigenvalue weighted by atomic mass is 9.72. The molecular formula is C33H43NO2. The molecule has 0 saturated carbocycles. The number of aryl methyl sites for hydroxylation is 1. The van der Waals surface area contributed by atoms with Gasteiger partial charge in [-0.2, -0.15) is 0 Å². The smallest absolute Gasteiger partial charge is 0.117 e. The number of hydrogen-bond acceptors (Lipinski definition) is 3. The number of benzene rings is 3. The number of aliphatic hydroxyl groups is 2. The van der Waals surface area contributed by atoms with E-state index in [1.54, 1.807) is 0 Å². The standard InChI is InChI=1S/C33H43NO2/c1-2-3-12-27-18-20-28(21-19-27)32(35)17-10-11-24-34-25-22-31(23-26-34)33(36,29-13-6-4-7-14-29)30-15-8-5-9-16-30/h4-9,13-16,18-21,31-32,35-36H,2-3,10-12,17,22-26H2,1H3. The van der Waals surface area contributed by atoms with Crippen molar-refractivity contribution in [2.75, 3.05) is 19.6 Å². The molecule has 0 aliphatic carbocycles. The summed E-state index contributed by atoms with van der Waals surface area (Å²) in [5, 5.41) is 22.7. The van der Waals surface area contributed by atoms with Gasteiger partial charge >= 0.3 is 0 Å². The van der Waals surface area contributed by atoms with Gasteiger partial charge in [0.15, 0.2) is 0 Å². The van der Waals surface area contributed by atoms with E-state index in [-0.39, 0.29) is 12.0 Å². The molecule has 3 aromatic carbocycles. The number of aliphatic hydroxyl groups excluding tert-OH is 1. The molecule has 1 aliphatic rings. The van der Waals surface area contributed by atoms with Crippen molar-refractivity contribution in [2.45, 2.75) is 70.0 Å². The van der Waals surface area contributed by atoms with Crippen LogP contribution in [0.3, 0.4) is 0 Å². The monoisotopic (exact) mass is 485 g/mol. The van der Waals surface area contributed by atoms with E-state index in [2.05, 4.69) is 60.4 Å². The highest BCUT2D eigenvalue weighted by Crippen LogP contribution is 2.41. The Morgan fingerprint density at radius 3 is 1.94 bits per heavy atom. The van der Waals surface area contributed by atoms with Crippen molar-refractivity contribution in [3.63, 3.8) is 0 Å². The Morgan fingerprint density at radius 1 is 0.806 bits per heavy atom. The Bertz CT molecular complexity index is 971. The maximum atomic E-state index is 12.1. The topological polar surface area (TPSA) is 43.7 Å². The molecule has 0 aromatic heterocycles. The minimum Gasteiger partial charge on any atom is -0.388 e. The lowest BCUT2D eigenvalue weighted by molar-refractivity contribution is -0.0144. The predicted molar refractivity (Wildman–Crippen MR) is 149 cm³/mol. The van der Waals surface area contributed by atoms with Crippen LogP contribution in [0, 0.1) is 5.92 Å². The minimum absolute atomic E-state index is 0.195. The van der Waals surface area contributed by atoms with Gasteiger partial charge in [0.2, 0.25) is 0 Å². The molecule has 3 heteroatoms. The molecule has 4 rings (SSSR count). The van der Waals surface area contributed by atoms with Gasteiger partial charge in [-0.3, -0.25) is 0 Å². The summed E-state index contributed by atoms with van der Waals surface area (Å²) in [7, 11) is 0. The summed E-state index contributed by atoms with van der Waals surface area (Å²) in [6.07, 6.45) is 8.07. The molecular weight excluding hydrogens is 442 g/mol. The number of unbranched alkanes of at least 4 members (excludes halogenated alkanes) is 2. The summed E-state index contributed by atoms with van der Waals surface area (Å²) in [5.41, 5.74) is 3.43. The first-order valence-electron chi connectivity index (χ1n) is 13.9. The van der Waals surface area contributed by atoms with Gasteiger partial charge < -0.3 is 15.1 Å². The molecule has 0 bridgehead atoms. The van der Waals surface area contributed by atoms with E-state index in [9.17, 15) is 10.2 Å². The van der Waals surface area contributed by atoms with Crippen molar-refractivity contribution in [2.24, 2.45) is 5.92 Å². The first-order chi connectivity index (χ1) is 17.6. The third-order valence-corrected chi connectivity index (χ3v) is 7.99. The van der Waals surface area contributed by atoms with Crippen molar-refractivity contribution in [1.82, 2.24) is 4.90 Å². The first kappa shape index (κ1) is 26.6. The molecule has 192 valence electrons. The van der Waals surface area contributed by atoms with Crippen molar-refractivity contribution in [3.8, 4) is 0 Å². The normalized spacial score (nSPS) is 16.2. The van der Waals surface area contributed by atoms with E-state index < -0.39 is 5.60 Å². The van der Waals surface area contributed by atoms with Crippen molar-refractivity contribution >= 4 is 0 Å². The lowest BCUT2D eigenvalue weighted by Crippen LogP contribution is -2.44. The molecule has 3 aromatic rings. The van der Waals surface area contributed by atoms with Crippen LogP contribution < -0.4 is 0 Å². The van der Waals surface area contributed by atoms with Gasteiger partial charge in [-0.05, 0) is 92.8 Å². The fraction of sp³-hybridized carbons (Fsp3) is 0.455. The van der Waals surface area contributed by atoms with E-state index in [0.717, 1.165) is 74.8 Å². The second kappa shape index (κ2) is 13.2. The van der Waals surface area contributed by atoms with Crippen LogP contribution in [0.2, 0.25) is 0 Å². The van der Waals surface area contributed by atoms with E-state index in [1.165, 1.54) is 18.4 Å². The third kappa shape index (κ3) is 6.64. The second-order valence-electron chi connectivity index (χ2n) is 10.5. The minimum atomic E-state index is -0.954. The Labute approximate surface area is 217 Å². The van der Waals surface area contributed by atoms with Crippen LogP contribution in [0.15, 0.2) is 84.9 Å². The Morgan fingerprint density at radius 2 is 1.39 bits per heavy atom. The number of hydrogen-bond donors (Lipinski definition) is 2. The van der Waals surface area contributed by atoms with Gasteiger partial charge in [-0.15, -0.1) is 0 Å². The molecule has 1 unspecified atom stereocenters. The molecule has 3 nitrogen and oxygen atoms in total. The molecule has 1 saturated heterocycles. The number of nitrogens with zero attached hydrogens (tertiary/aromatic N) is 1. The number of likely N-dealkylation sites (tertiary alicyclic amines) is 1. The van der Waals surface area contributed by atoms with E-state index in [0.29, 0.717) is 0 Å². The molecule has 1 fully saturated rings. The fourth-order valence-electron chi connectivity index (χ4n) is 5.72. The average molecular weight is 486 g/mol. The first-order valence-corrected chi connectivity index (χ1v) is 13.9. The zero-order chi connectivity index (χ0) is 25.2. The summed E-state index contributed by atoms with van der Waals surface area (Å²) in [4.78, 5) is 2.53. The molecule has 0 spiro atoms. The zero-order valence-corrected chi connectivity index (χ0v) is 21.9. The van der Waals surface area contributed by atoms with Gasteiger partial charge in [-0.1, -0.05) is 98.3 Å². The summed E-state index contributed by atoms with van der Waals surface area (Å²) >= 11 is 0. The third-order valence-electron chi connectivity index (χ3n) is 7.99. The van der Waals surface area contributed by atoms with E-state index in [4.69, 9.17) is 0 Å². The van der Waals surface area contributed by atoms with Gasteiger partial charge in [0.25, 0.3) is 0 Å². The number of piperidine rings is 1. The van der Waals surface area contributed by atoms with E-state index >= 15 is 0 Å². The molecule has 0 amide bonds. The maximum Gasteiger partial charge on any atom is 0.117 e. The van der Waals surface area contributed by atoms with Gasteiger partial charge in [0.1, 0.15) is 5.60 Å². The van der Waals surface area contributed by atoms with Crippen molar-refractivity contribution in [1.29, 1.82) is 0 Å². The Hall–Kier alpha value is -2.46. The van der Waals surface area contributed by atoms with Crippen LogP contribution in [-0.2, 0) is 12.0 Å². The average Bonchev–Trinajstić information content (AvgIpc) is 2.95. The highest BCUT2D eigenvalue weighted by molar-refractivity contribution is 5.37. The summed E-state index contributed by atoms with van der Waals surface area (Å²) in [5.74, 6) is 0.195. The van der Waals surface area contributed by atoms with Crippen LogP contribution in [0.25, 0.3) is 0 Å². The van der Waals surface area contributed by atoms with Crippen LogP contribution in [0.1, 0.15) is 80.2 Å². The van der Waals surface area contributed by atoms with E-state index in [1.807, 2.05) is 36.4 Å². The van der Waals surface area contributed by atoms with Gasteiger partial charge in [0, 0.05) is 0 Å². The Balaban J connectivity index is 1.25. The zero-order valence-electron chi connectivity index (χ0n) is 21.9. The Kier molecular flexibility index (Phi) is 9.75. The number of rotatable bonds is 12. The van der Waals surface area contributed by atoms with Crippen LogP contribution >= 0.6 is 0 Å². The predicted octanol–water partition coefficient (Wildman–Crippen LogP) is 6.88. The van der Waals surface area contributed by atoms with Crippen molar-refractivity contribution < 1.29 is 10.2 Å². The maximum absolute atomic E-state index is 12.1.